The van der Waals surface area contributed by atoms with Crippen molar-refractivity contribution >= 4 is 31.6 Å². The van der Waals surface area contributed by atoms with Gasteiger partial charge < -0.3 is 5.32 Å². The molecule has 164 valence electrons. The van der Waals surface area contributed by atoms with E-state index in [1.54, 1.807) is 54.6 Å². The van der Waals surface area contributed by atoms with Crippen LogP contribution in [0.1, 0.15) is 18.9 Å². The molecule has 1 unspecified atom stereocenters. The van der Waals surface area contributed by atoms with Crippen molar-refractivity contribution in [3.63, 3.8) is 0 Å². The van der Waals surface area contributed by atoms with Gasteiger partial charge in [0.15, 0.2) is 15.2 Å². The summed E-state index contributed by atoms with van der Waals surface area (Å²) in [4.78, 5) is 16.0. The normalized spacial score (nSPS) is 13.1. The van der Waals surface area contributed by atoms with Crippen molar-refractivity contribution in [1.82, 2.24) is 10.0 Å². The SMILES string of the molecule is CC(=NC(CC(=O)NCC#N)S(=O)(=O)Cc1ccccc1)NS(=O)(=O)c1ccccc1. The molecule has 9 nitrogen and oxygen atoms in total. The summed E-state index contributed by atoms with van der Waals surface area (Å²) in [6.45, 7) is 1.02. The Labute approximate surface area is 181 Å². The second-order valence-corrected chi connectivity index (χ2v) is 10.4. The number of sulfone groups is 1. The lowest BCUT2D eigenvalue weighted by atomic mass is 10.2. The third-order valence-corrected chi connectivity index (χ3v) is 7.32. The Kier molecular flexibility index (Phi) is 8.30. The van der Waals surface area contributed by atoms with Gasteiger partial charge in [0.2, 0.25) is 5.91 Å². The second-order valence-electron chi connectivity index (χ2n) is 6.52. The van der Waals surface area contributed by atoms with E-state index in [0.29, 0.717) is 5.56 Å². The molecule has 0 radical (unpaired) electrons. The summed E-state index contributed by atoms with van der Waals surface area (Å²) < 4.78 is 53.1. The Balaban J connectivity index is 2.30. The fourth-order valence-corrected chi connectivity index (χ4v) is 5.27. The van der Waals surface area contributed by atoms with E-state index in [-0.39, 0.29) is 23.0 Å². The molecule has 2 aromatic carbocycles. The molecule has 31 heavy (non-hydrogen) atoms. The lowest BCUT2D eigenvalue weighted by molar-refractivity contribution is -0.120. The minimum atomic E-state index is -3.98. The zero-order valence-electron chi connectivity index (χ0n) is 16.7. The average Bonchev–Trinajstić information content (AvgIpc) is 2.72. The molecule has 0 aliphatic heterocycles. The molecule has 2 rings (SSSR count). The first-order valence-corrected chi connectivity index (χ1v) is 12.4. The van der Waals surface area contributed by atoms with Crippen LogP contribution in [0.2, 0.25) is 0 Å². The van der Waals surface area contributed by atoms with Gasteiger partial charge in [-0.25, -0.2) is 16.8 Å². The number of carbonyl (C=O) groups excluding carboxylic acids is 1. The molecule has 0 saturated heterocycles. The van der Waals surface area contributed by atoms with Crippen molar-refractivity contribution in [2.75, 3.05) is 6.54 Å². The molecule has 0 heterocycles. The van der Waals surface area contributed by atoms with Crippen LogP contribution in [0, 0.1) is 11.3 Å². The van der Waals surface area contributed by atoms with Gasteiger partial charge in [0, 0.05) is 0 Å². The minimum Gasteiger partial charge on any atom is -0.343 e. The topological polar surface area (TPSA) is 146 Å². The molecule has 0 aliphatic carbocycles. The van der Waals surface area contributed by atoms with Gasteiger partial charge in [-0.3, -0.25) is 14.5 Å². The summed E-state index contributed by atoms with van der Waals surface area (Å²) in [6, 6.07) is 17.6. The molecular weight excluding hydrogens is 440 g/mol. The highest BCUT2D eigenvalue weighted by Crippen LogP contribution is 2.16. The van der Waals surface area contributed by atoms with Crippen LogP contribution in [0.25, 0.3) is 0 Å². The first-order valence-electron chi connectivity index (χ1n) is 9.15. The Morgan fingerprint density at radius 1 is 1.03 bits per heavy atom. The number of amidine groups is 1. The maximum Gasteiger partial charge on any atom is 0.262 e. The van der Waals surface area contributed by atoms with Crippen LogP contribution in [0.3, 0.4) is 0 Å². The van der Waals surface area contributed by atoms with Crippen molar-refractivity contribution in [2.45, 2.75) is 29.4 Å². The van der Waals surface area contributed by atoms with Crippen LogP contribution in [0.15, 0.2) is 70.6 Å². The third kappa shape index (κ3) is 7.51. The fourth-order valence-electron chi connectivity index (χ4n) is 2.62. The molecule has 0 saturated carbocycles. The molecule has 11 heteroatoms. The molecule has 1 amide bonds. The number of nitriles is 1. The van der Waals surface area contributed by atoms with Gasteiger partial charge in [0.25, 0.3) is 10.0 Å². The number of nitrogens with one attached hydrogen (secondary N) is 2. The number of rotatable bonds is 9. The van der Waals surface area contributed by atoms with Crippen LogP contribution in [-0.4, -0.2) is 40.5 Å². The smallest absolute Gasteiger partial charge is 0.262 e. The van der Waals surface area contributed by atoms with Crippen LogP contribution in [0.5, 0.6) is 0 Å². The van der Waals surface area contributed by atoms with Crippen molar-refractivity contribution in [3.05, 3.63) is 66.2 Å². The maximum atomic E-state index is 13.0. The number of benzene rings is 2. The summed E-state index contributed by atoms with van der Waals surface area (Å²) >= 11 is 0. The number of aliphatic imine (C=N–C) groups is 1. The number of hydrogen-bond donors (Lipinski definition) is 2. The first-order chi connectivity index (χ1) is 14.6. The largest absolute Gasteiger partial charge is 0.343 e. The van der Waals surface area contributed by atoms with Gasteiger partial charge >= 0.3 is 0 Å². The van der Waals surface area contributed by atoms with Gasteiger partial charge in [-0.15, -0.1) is 0 Å². The van der Waals surface area contributed by atoms with Gasteiger partial charge in [0.1, 0.15) is 12.4 Å². The zero-order chi connectivity index (χ0) is 22.9. The van der Waals surface area contributed by atoms with Crippen LogP contribution in [0.4, 0.5) is 0 Å². The first kappa shape index (κ1) is 24.0. The Hall–Kier alpha value is -3.23. The zero-order valence-corrected chi connectivity index (χ0v) is 18.4. The quantitative estimate of drug-likeness (QED) is 0.327. The summed E-state index contributed by atoms with van der Waals surface area (Å²) in [6.07, 6.45) is -0.554. The molecule has 0 bridgehead atoms. The van der Waals surface area contributed by atoms with Gasteiger partial charge in [-0.2, -0.15) is 5.26 Å². The van der Waals surface area contributed by atoms with E-state index in [9.17, 15) is 21.6 Å². The van der Waals surface area contributed by atoms with E-state index < -0.39 is 37.6 Å². The number of amides is 1. The monoisotopic (exact) mass is 462 g/mol. The van der Waals surface area contributed by atoms with Crippen molar-refractivity contribution in [3.8, 4) is 6.07 Å². The van der Waals surface area contributed by atoms with E-state index in [1.165, 1.54) is 19.1 Å². The lowest BCUT2D eigenvalue weighted by Crippen LogP contribution is -2.35. The van der Waals surface area contributed by atoms with E-state index in [4.69, 9.17) is 5.26 Å². The molecule has 0 aromatic heterocycles. The van der Waals surface area contributed by atoms with Gasteiger partial charge in [-0.05, 0) is 24.6 Å². The van der Waals surface area contributed by atoms with Crippen molar-refractivity contribution in [2.24, 2.45) is 4.99 Å². The fraction of sp³-hybridized carbons (Fsp3) is 0.250. The number of sulfonamides is 1. The Morgan fingerprint density at radius 3 is 2.19 bits per heavy atom. The maximum absolute atomic E-state index is 13.0. The predicted molar refractivity (Wildman–Crippen MR) is 116 cm³/mol. The molecule has 0 spiro atoms. The average molecular weight is 463 g/mol. The highest BCUT2D eigenvalue weighted by Gasteiger charge is 2.28. The third-order valence-electron chi connectivity index (χ3n) is 4.02. The van der Waals surface area contributed by atoms with Crippen molar-refractivity contribution in [1.29, 1.82) is 5.26 Å². The summed E-state index contributed by atoms with van der Waals surface area (Å²) in [5, 5.41) is 9.33. The molecule has 1 atom stereocenters. The molecule has 2 aromatic rings. The van der Waals surface area contributed by atoms with Gasteiger partial charge in [0.05, 0.1) is 23.1 Å². The summed E-state index contributed by atoms with van der Waals surface area (Å²) in [5.74, 6) is -1.25. The second kappa shape index (κ2) is 10.7. The number of hydrogen-bond acceptors (Lipinski definition) is 7. The van der Waals surface area contributed by atoms with Crippen LogP contribution >= 0.6 is 0 Å². The predicted octanol–water partition coefficient (Wildman–Crippen LogP) is 1.35. The van der Waals surface area contributed by atoms with E-state index in [2.05, 4.69) is 15.0 Å². The Morgan fingerprint density at radius 2 is 1.61 bits per heavy atom. The molecular formula is C20H22N4O5S2. The Bertz CT molecular complexity index is 1170. The van der Waals surface area contributed by atoms with Crippen LogP contribution in [-0.2, 0) is 30.4 Å². The van der Waals surface area contributed by atoms with Crippen LogP contribution < -0.4 is 10.0 Å². The molecule has 0 fully saturated rings. The van der Waals surface area contributed by atoms with Crippen molar-refractivity contribution < 1.29 is 21.6 Å². The van der Waals surface area contributed by atoms with E-state index in [0.717, 1.165) is 0 Å². The van der Waals surface area contributed by atoms with E-state index >= 15 is 0 Å². The highest BCUT2D eigenvalue weighted by atomic mass is 32.2. The number of nitrogens with zero attached hydrogens (tertiary/aromatic N) is 2. The minimum absolute atomic E-state index is 0.0139. The number of carbonyl (C=O) groups is 1. The molecule has 2 N–H and O–H groups in total. The van der Waals surface area contributed by atoms with Gasteiger partial charge in [-0.1, -0.05) is 48.5 Å². The molecule has 0 aliphatic rings. The lowest BCUT2D eigenvalue weighted by Gasteiger charge is -2.16. The summed E-state index contributed by atoms with van der Waals surface area (Å²) in [5.41, 5.74) is 0.502. The standard InChI is InChI=1S/C20H22N4O5S2/c1-16(24-31(28,29)18-10-6-3-7-11-18)23-20(14-19(25)22-13-12-21)30(26,27)15-17-8-4-2-5-9-17/h2-11,20H,13-15H2,1H3,(H,22,25)(H,23,24). The highest BCUT2D eigenvalue weighted by molar-refractivity contribution is 7.91. The van der Waals surface area contributed by atoms with E-state index in [1.807, 2.05) is 0 Å². The summed E-state index contributed by atoms with van der Waals surface area (Å²) in [7, 11) is -7.95.